The lowest BCUT2D eigenvalue weighted by atomic mass is 10.1. The third-order valence-corrected chi connectivity index (χ3v) is 4.12. The number of nitrogens with zero attached hydrogens (tertiary/aromatic N) is 2. The lowest BCUT2D eigenvalue weighted by molar-refractivity contribution is 0.457. The first-order valence-corrected chi connectivity index (χ1v) is 9.20. The summed E-state index contributed by atoms with van der Waals surface area (Å²) in [5.74, 6) is 0.851. The molecule has 29 heavy (non-hydrogen) atoms. The van der Waals surface area contributed by atoms with Crippen LogP contribution in [-0.4, -0.2) is 24.5 Å². The summed E-state index contributed by atoms with van der Waals surface area (Å²) in [6, 6.07) is 16.0. The minimum atomic E-state index is -0.360. The van der Waals surface area contributed by atoms with E-state index in [2.05, 4.69) is 20.6 Å². The maximum absolute atomic E-state index is 13.2. The van der Waals surface area contributed by atoms with E-state index in [9.17, 15) is 8.78 Å². The lowest BCUT2D eigenvalue weighted by Gasteiger charge is -2.12. The van der Waals surface area contributed by atoms with Crippen LogP contribution in [0.2, 0.25) is 0 Å². The highest BCUT2D eigenvalue weighted by Gasteiger charge is 2.03. The Hall–Kier alpha value is -3.48. The zero-order valence-electron chi connectivity index (χ0n) is 16.0. The first-order chi connectivity index (χ1) is 14.1. The predicted molar refractivity (Wildman–Crippen MR) is 109 cm³/mol. The van der Waals surface area contributed by atoms with Crippen molar-refractivity contribution in [2.24, 2.45) is 4.99 Å². The SMILES string of the molecule is CN=C(NCCc1ccc(F)cc1)NCc1ccc(Oc2cccc(F)c2)nc1. The van der Waals surface area contributed by atoms with Gasteiger partial charge in [-0.25, -0.2) is 13.8 Å². The fourth-order valence-corrected chi connectivity index (χ4v) is 2.61. The van der Waals surface area contributed by atoms with Crippen molar-refractivity contribution in [2.75, 3.05) is 13.6 Å². The molecule has 0 aliphatic carbocycles. The Morgan fingerprint density at radius 2 is 1.76 bits per heavy atom. The summed E-state index contributed by atoms with van der Waals surface area (Å²) in [6.07, 6.45) is 2.45. The smallest absolute Gasteiger partial charge is 0.219 e. The van der Waals surface area contributed by atoms with Gasteiger partial charge in [-0.05, 0) is 41.8 Å². The molecule has 3 rings (SSSR count). The zero-order chi connectivity index (χ0) is 20.5. The van der Waals surface area contributed by atoms with Crippen LogP contribution >= 0.6 is 0 Å². The van der Waals surface area contributed by atoms with E-state index in [0.29, 0.717) is 30.7 Å². The molecule has 0 spiro atoms. The van der Waals surface area contributed by atoms with Crippen molar-refractivity contribution in [3.63, 3.8) is 0 Å². The van der Waals surface area contributed by atoms with Crippen molar-refractivity contribution in [1.82, 2.24) is 15.6 Å². The number of rotatable bonds is 7. The topological polar surface area (TPSA) is 58.5 Å². The van der Waals surface area contributed by atoms with Gasteiger partial charge in [-0.2, -0.15) is 0 Å². The Kier molecular flexibility index (Phi) is 7.10. The summed E-state index contributed by atoms with van der Waals surface area (Å²) in [7, 11) is 1.70. The highest BCUT2D eigenvalue weighted by Crippen LogP contribution is 2.19. The van der Waals surface area contributed by atoms with Crippen LogP contribution in [0.5, 0.6) is 11.6 Å². The third-order valence-electron chi connectivity index (χ3n) is 4.12. The van der Waals surface area contributed by atoms with Crippen molar-refractivity contribution in [2.45, 2.75) is 13.0 Å². The summed E-state index contributed by atoms with van der Waals surface area (Å²) >= 11 is 0. The molecular formula is C22H22F2N4O. The number of aliphatic imine (C=N–C) groups is 1. The Labute approximate surface area is 168 Å². The van der Waals surface area contributed by atoms with Crippen LogP contribution in [0.3, 0.4) is 0 Å². The van der Waals surface area contributed by atoms with Gasteiger partial charge >= 0.3 is 0 Å². The molecule has 150 valence electrons. The molecule has 0 aliphatic rings. The van der Waals surface area contributed by atoms with Crippen LogP contribution in [-0.2, 0) is 13.0 Å². The fraction of sp³-hybridized carbons (Fsp3) is 0.182. The third kappa shape index (κ3) is 6.57. The van der Waals surface area contributed by atoms with E-state index in [1.54, 1.807) is 43.6 Å². The Morgan fingerprint density at radius 3 is 2.45 bits per heavy atom. The minimum absolute atomic E-state index is 0.236. The van der Waals surface area contributed by atoms with E-state index in [0.717, 1.165) is 17.5 Å². The Morgan fingerprint density at radius 1 is 0.966 bits per heavy atom. The summed E-state index contributed by atoms with van der Waals surface area (Å²) in [6.45, 7) is 1.20. The molecule has 5 nitrogen and oxygen atoms in total. The van der Waals surface area contributed by atoms with Gasteiger partial charge in [-0.1, -0.05) is 24.3 Å². The molecule has 0 saturated heterocycles. The van der Waals surface area contributed by atoms with Crippen LogP contribution in [0.15, 0.2) is 71.9 Å². The Balaban J connectivity index is 1.44. The van der Waals surface area contributed by atoms with Gasteiger partial charge < -0.3 is 15.4 Å². The van der Waals surface area contributed by atoms with Gasteiger partial charge in [-0.15, -0.1) is 0 Å². The molecule has 2 aromatic carbocycles. The molecule has 0 amide bonds. The first-order valence-electron chi connectivity index (χ1n) is 9.20. The van der Waals surface area contributed by atoms with Crippen LogP contribution in [0, 0.1) is 11.6 Å². The molecular weight excluding hydrogens is 374 g/mol. The molecule has 2 N–H and O–H groups in total. The zero-order valence-corrected chi connectivity index (χ0v) is 16.0. The molecule has 0 radical (unpaired) electrons. The van der Waals surface area contributed by atoms with Gasteiger partial charge in [-0.3, -0.25) is 4.99 Å². The van der Waals surface area contributed by atoms with Gasteiger partial charge in [0.1, 0.15) is 17.4 Å². The molecule has 7 heteroatoms. The fourth-order valence-electron chi connectivity index (χ4n) is 2.61. The average molecular weight is 396 g/mol. The van der Waals surface area contributed by atoms with Gasteiger partial charge in [0.2, 0.25) is 5.88 Å². The number of hydrogen-bond acceptors (Lipinski definition) is 3. The quantitative estimate of drug-likeness (QED) is 0.467. The van der Waals surface area contributed by atoms with E-state index in [1.807, 2.05) is 6.07 Å². The summed E-state index contributed by atoms with van der Waals surface area (Å²) in [4.78, 5) is 8.42. The van der Waals surface area contributed by atoms with Crippen LogP contribution in [0.25, 0.3) is 0 Å². The first kappa shape index (κ1) is 20.3. The standard InChI is InChI=1S/C22H22F2N4O/c1-25-22(26-12-11-16-5-8-18(23)9-6-16)28-15-17-7-10-21(27-14-17)29-20-4-2-3-19(24)13-20/h2-10,13-14H,11-12,15H2,1H3,(H2,25,26,28). The van der Waals surface area contributed by atoms with Gasteiger partial charge in [0.25, 0.3) is 0 Å². The number of nitrogens with one attached hydrogen (secondary N) is 2. The number of pyridine rings is 1. The number of benzene rings is 2. The van der Waals surface area contributed by atoms with E-state index < -0.39 is 0 Å². The highest BCUT2D eigenvalue weighted by atomic mass is 19.1. The normalized spacial score (nSPS) is 11.2. The van der Waals surface area contributed by atoms with Crippen molar-refractivity contribution in [1.29, 1.82) is 0 Å². The summed E-state index contributed by atoms with van der Waals surface area (Å²) in [5, 5.41) is 6.42. The minimum Gasteiger partial charge on any atom is -0.439 e. The van der Waals surface area contributed by atoms with Crippen molar-refractivity contribution >= 4 is 5.96 Å². The molecule has 0 aliphatic heterocycles. The second-order valence-corrected chi connectivity index (χ2v) is 6.29. The number of guanidine groups is 1. The monoisotopic (exact) mass is 396 g/mol. The number of hydrogen-bond donors (Lipinski definition) is 2. The van der Waals surface area contributed by atoms with Gasteiger partial charge in [0, 0.05) is 38.5 Å². The number of halogens is 2. The van der Waals surface area contributed by atoms with Crippen molar-refractivity contribution in [3.8, 4) is 11.6 Å². The van der Waals surface area contributed by atoms with Crippen molar-refractivity contribution < 1.29 is 13.5 Å². The largest absolute Gasteiger partial charge is 0.439 e. The second kappa shape index (κ2) is 10.2. The second-order valence-electron chi connectivity index (χ2n) is 6.29. The maximum atomic E-state index is 13.2. The number of aromatic nitrogens is 1. The Bertz CT molecular complexity index is 944. The van der Waals surface area contributed by atoms with E-state index in [1.165, 1.54) is 24.3 Å². The van der Waals surface area contributed by atoms with Gasteiger partial charge in [0.05, 0.1) is 0 Å². The molecule has 0 fully saturated rings. The molecule has 0 atom stereocenters. The lowest BCUT2D eigenvalue weighted by Crippen LogP contribution is -2.37. The van der Waals surface area contributed by atoms with Crippen molar-refractivity contribution in [3.05, 3.63) is 89.6 Å². The van der Waals surface area contributed by atoms with E-state index >= 15 is 0 Å². The maximum Gasteiger partial charge on any atom is 0.219 e. The van der Waals surface area contributed by atoms with Crippen LogP contribution < -0.4 is 15.4 Å². The average Bonchev–Trinajstić information content (AvgIpc) is 2.73. The number of ether oxygens (including phenoxy) is 1. The van der Waals surface area contributed by atoms with E-state index in [4.69, 9.17) is 4.74 Å². The predicted octanol–water partition coefficient (Wildman–Crippen LogP) is 4.06. The molecule has 1 aromatic heterocycles. The molecule has 0 bridgehead atoms. The van der Waals surface area contributed by atoms with Crippen LogP contribution in [0.1, 0.15) is 11.1 Å². The highest BCUT2D eigenvalue weighted by molar-refractivity contribution is 5.79. The van der Waals surface area contributed by atoms with Gasteiger partial charge in [0.15, 0.2) is 5.96 Å². The molecule has 0 unspecified atom stereocenters. The summed E-state index contributed by atoms with van der Waals surface area (Å²) < 4.78 is 31.7. The van der Waals surface area contributed by atoms with E-state index in [-0.39, 0.29) is 11.6 Å². The molecule has 1 heterocycles. The van der Waals surface area contributed by atoms with Crippen LogP contribution in [0.4, 0.5) is 8.78 Å². The molecule has 3 aromatic rings. The molecule has 0 saturated carbocycles. The summed E-state index contributed by atoms with van der Waals surface area (Å²) in [5.41, 5.74) is 1.99.